The van der Waals surface area contributed by atoms with Crippen LogP contribution in [0.15, 0.2) is 54.6 Å². The number of benzene rings is 2. The average molecular weight is 535 g/mol. The van der Waals surface area contributed by atoms with Crippen molar-refractivity contribution in [3.8, 4) is 11.8 Å². The zero-order valence-electron chi connectivity index (χ0n) is 16.7. The highest BCUT2D eigenvalue weighted by molar-refractivity contribution is 14.1. The molecule has 4 N–H and O–H groups in total. The van der Waals surface area contributed by atoms with Gasteiger partial charge < -0.3 is 9.84 Å². The van der Waals surface area contributed by atoms with Crippen LogP contribution in [-0.2, 0) is 9.53 Å². The summed E-state index contributed by atoms with van der Waals surface area (Å²) in [5.74, 6) is -0.811. The third-order valence-electron chi connectivity index (χ3n) is 4.48. The van der Waals surface area contributed by atoms with Crippen LogP contribution in [0.4, 0.5) is 10.5 Å². The van der Waals surface area contributed by atoms with Crippen LogP contribution in [0, 0.1) is 20.8 Å². The molecular weight excluding hydrogens is 513 g/mol. The third kappa shape index (κ3) is 7.58. The molecule has 0 spiro atoms. The molecule has 0 unspecified atom stereocenters. The quantitative estimate of drug-likeness (QED) is 0.169. The van der Waals surface area contributed by atoms with E-state index in [-0.39, 0.29) is 11.7 Å². The Hall–Kier alpha value is -3.10. The summed E-state index contributed by atoms with van der Waals surface area (Å²) in [6, 6.07) is 13.4. The van der Waals surface area contributed by atoms with Crippen molar-refractivity contribution in [2.24, 2.45) is 5.92 Å². The average Bonchev–Trinajstić information content (AvgIpc) is 2.77. The monoisotopic (exact) mass is 535 g/mol. The van der Waals surface area contributed by atoms with Crippen LogP contribution in [0.2, 0.25) is 0 Å². The van der Waals surface area contributed by atoms with E-state index in [2.05, 4.69) is 27.9 Å². The SMILES string of the molecule is C[C@@H](CC/C=C/C(=O)NO)[C@H](OC(=O)Nc1ccc(C#N)cc1)c1cc(I)ccc1O. The van der Waals surface area contributed by atoms with Gasteiger partial charge in [-0.15, -0.1) is 0 Å². The number of nitriles is 1. The number of carbonyl (C=O) groups excluding carboxylic acids is 2. The van der Waals surface area contributed by atoms with Crippen LogP contribution < -0.4 is 10.8 Å². The van der Waals surface area contributed by atoms with Crippen molar-refractivity contribution in [2.75, 3.05) is 5.32 Å². The first-order valence-electron chi connectivity index (χ1n) is 9.41. The molecule has 0 aliphatic heterocycles. The Morgan fingerprint density at radius 3 is 2.61 bits per heavy atom. The second-order valence-electron chi connectivity index (χ2n) is 6.78. The molecule has 9 heteroatoms. The number of hydrogen-bond acceptors (Lipinski definition) is 6. The molecule has 8 nitrogen and oxygen atoms in total. The highest BCUT2D eigenvalue weighted by atomic mass is 127. The minimum atomic E-state index is -0.742. The Kier molecular flexibility index (Phi) is 9.30. The predicted octanol–water partition coefficient (Wildman–Crippen LogP) is 4.64. The molecule has 2 amide bonds. The normalized spacial score (nSPS) is 12.6. The topological polar surface area (TPSA) is 132 Å². The number of rotatable bonds is 8. The van der Waals surface area contributed by atoms with Gasteiger partial charge in [-0.25, -0.2) is 10.3 Å². The minimum Gasteiger partial charge on any atom is -0.508 e. The Labute approximate surface area is 193 Å². The number of nitrogens with zero attached hydrogens (tertiary/aromatic N) is 1. The van der Waals surface area contributed by atoms with Crippen molar-refractivity contribution in [3.05, 3.63) is 69.3 Å². The van der Waals surface area contributed by atoms with Gasteiger partial charge in [-0.1, -0.05) is 13.0 Å². The van der Waals surface area contributed by atoms with Crippen molar-refractivity contribution >= 4 is 40.3 Å². The van der Waals surface area contributed by atoms with E-state index in [0.29, 0.717) is 29.7 Å². The molecule has 0 aliphatic rings. The largest absolute Gasteiger partial charge is 0.508 e. The van der Waals surface area contributed by atoms with Crippen LogP contribution in [0.5, 0.6) is 5.75 Å². The summed E-state index contributed by atoms with van der Waals surface area (Å²) in [5, 5.41) is 30.4. The maximum atomic E-state index is 12.5. The lowest BCUT2D eigenvalue weighted by Gasteiger charge is -2.25. The summed E-state index contributed by atoms with van der Waals surface area (Å²) in [4.78, 5) is 23.6. The standard InChI is InChI=1S/C22H22IN3O5/c1-14(4-2-3-5-20(28)26-30)21(18-12-16(23)8-11-19(18)27)31-22(29)25-17-9-6-15(13-24)7-10-17/h3,5-12,14,21,27,30H,2,4H2,1H3,(H,25,29)(H,26,28)/b5-3+/t14-,21-/m0/s1. The number of phenolic OH excluding ortho intramolecular Hbond substituents is 1. The van der Waals surface area contributed by atoms with Crippen LogP contribution in [0.25, 0.3) is 0 Å². The molecule has 0 aromatic heterocycles. The van der Waals surface area contributed by atoms with Crippen LogP contribution in [-0.4, -0.2) is 22.3 Å². The van der Waals surface area contributed by atoms with Crippen molar-refractivity contribution in [1.29, 1.82) is 5.26 Å². The van der Waals surface area contributed by atoms with E-state index < -0.39 is 18.1 Å². The third-order valence-corrected chi connectivity index (χ3v) is 5.15. The Morgan fingerprint density at radius 1 is 1.26 bits per heavy atom. The highest BCUT2D eigenvalue weighted by Crippen LogP contribution is 2.36. The van der Waals surface area contributed by atoms with Gasteiger partial charge in [-0.2, -0.15) is 5.26 Å². The van der Waals surface area contributed by atoms with Crippen molar-refractivity contribution in [3.63, 3.8) is 0 Å². The number of allylic oxidation sites excluding steroid dienone is 1. The number of halogens is 1. The van der Waals surface area contributed by atoms with Gasteiger partial charge >= 0.3 is 6.09 Å². The Morgan fingerprint density at radius 2 is 1.97 bits per heavy atom. The van der Waals surface area contributed by atoms with Crippen molar-refractivity contribution in [2.45, 2.75) is 25.9 Å². The second-order valence-corrected chi connectivity index (χ2v) is 8.02. The van der Waals surface area contributed by atoms with E-state index in [1.165, 1.54) is 11.6 Å². The smallest absolute Gasteiger partial charge is 0.412 e. The van der Waals surface area contributed by atoms with Gasteiger partial charge in [0.2, 0.25) is 0 Å². The summed E-state index contributed by atoms with van der Waals surface area (Å²) in [5.41, 5.74) is 2.94. The van der Waals surface area contributed by atoms with E-state index >= 15 is 0 Å². The van der Waals surface area contributed by atoms with E-state index in [1.807, 2.05) is 13.0 Å². The molecule has 0 saturated heterocycles. The fourth-order valence-corrected chi connectivity index (χ4v) is 3.38. The first-order valence-corrected chi connectivity index (χ1v) is 10.5. The van der Waals surface area contributed by atoms with E-state index in [9.17, 15) is 14.7 Å². The first kappa shape index (κ1) is 24.2. The van der Waals surface area contributed by atoms with Gasteiger partial charge in [0.15, 0.2) is 0 Å². The van der Waals surface area contributed by atoms with Gasteiger partial charge in [0, 0.05) is 20.9 Å². The summed E-state index contributed by atoms with van der Waals surface area (Å²) in [6.07, 6.45) is 2.42. The van der Waals surface area contributed by atoms with Crippen molar-refractivity contribution < 1.29 is 24.6 Å². The number of aromatic hydroxyl groups is 1. The maximum absolute atomic E-state index is 12.5. The van der Waals surface area contributed by atoms with E-state index in [4.69, 9.17) is 15.2 Å². The zero-order valence-corrected chi connectivity index (χ0v) is 18.9. The number of nitrogens with one attached hydrogen (secondary N) is 2. The molecule has 31 heavy (non-hydrogen) atoms. The van der Waals surface area contributed by atoms with Gasteiger partial charge in [0.05, 0.1) is 11.6 Å². The second kappa shape index (κ2) is 11.9. The number of hydrogen-bond donors (Lipinski definition) is 4. The lowest BCUT2D eigenvalue weighted by molar-refractivity contribution is -0.124. The molecule has 2 atom stereocenters. The molecule has 2 aromatic carbocycles. The fraction of sp³-hybridized carbons (Fsp3) is 0.227. The van der Waals surface area contributed by atoms with E-state index in [0.717, 1.165) is 3.57 Å². The molecular formula is C22H22IN3O5. The number of carbonyl (C=O) groups is 2. The number of phenols is 1. The van der Waals surface area contributed by atoms with Crippen LogP contribution >= 0.6 is 22.6 Å². The molecule has 0 aliphatic carbocycles. The molecule has 162 valence electrons. The first-order chi connectivity index (χ1) is 14.8. The summed E-state index contributed by atoms with van der Waals surface area (Å²) >= 11 is 2.11. The number of ether oxygens (including phenoxy) is 1. The van der Waals surface area contributed by atoms with Gasteiger partial charge in [0.25, 0.3) is 5.91 Å². The van der Waals surface area contributed by atoms with Crippen molar-refractivity contribution in [1.82, 2.24) is 5.48 Å². The number of amides is 2. The number of anilines is 1. The van der Waals surface area contributed by atoms with Crippen LogP contribution in [0.1, 0.15) is 37.0 Å². The molecule has 2 aromatic rings. The Bertz CT molecular complexity index is 986. The van der Waals surface area contributed by atoms with Gasteiger partial charge in [0.1, 0.15) is 11.9 Å². The fourth-order valence-electron chi connectivity index (χ4n) is 2.87. The molecule has 0 radical (unpaired) electrons. The van der Waals surface area contributed by atoms with Gasteiger partial charge in [-0.3, -0.25) is 15.3 Å². The minimum absolute atomic E-state index is 0.0126. The lowest BCUT2D eigenvalue weighted by Crippen LogP contribution is -2.22. The van der Waals surface area contributed by atoms with Gasteiger partial charge in [-0.05, 0) is 83.8 Å². The van der Waals surface area contributed by atoms with E-state index in [1.54, 1.807) is 48.5 Å². The predicted molar refractivity (Wildman–Crippen MR) is 122 cm³/mol. The molecule has 0 fully saturated rings. The summed E-state index contributed by atoms with van der Waals surface area (Å²) < 4.78 is 6.55. The Balaban J connectivity index is 2.15. The maximum Gasteiger partial charge on any atom is 0.412 e. The summed E-state index contributed by atoms with van der Waals surface area (Å²) in [7, 11) is 0. The molecule has 0 heterocycles. The summed E-state index contributed by atoms with van der Waals surface area (Å²) in [6.45, 7) is 1.87. The molecule has 2 rings (SSSR count). The molecule has 0 bridgehead atoms. The van der Waals surface area contributed by atoms with Crippen LogP contribution in [0.3, 0.4) is 0 Å². The highest BCUT2D eigenvalue weighted by Gasteiger charge is 2.26. The lowest BCUT2D eigenvalue weighted by atomic mass is 9.92. The molecule has 0 saturated carbocycles. The number of hydroxylamine groups is 1. The zero-order chi connectivity index (χ0) is 22.8.